The number of amidine groups is 1. The predicted molar refractivity (Wildman–Crippen MR) is 92.5 cm³/mol. The zero-order chi connectivity index (χ0) is 18.0. The van der Waals surface area contributed by atoms with Crippen LogP contribution in [0.3, 0.4) is 0 Å². The first-order valence-corrected chi connectivity index (χ1v) is 7.77. The molecule has 0 radical (unpaired) electrons. The Morgan fingerprint density at radius 3 is 2.84 bits per heavy atom. The quantitative estimate of drug-likeness (QED) is 0.888. The van der Waals surface area contributed by atoms with Gasteiger partial charge >= 0.3 is 0 Å². The summed E-state index contributed by atoms with van der Waals surface area (Å²) in [5, 5.41) is 3.14. The van der Waals surface area contributed by atoms with Gasteiger partial charge in [-0.05, 0) is 37.3 Å². The molecule has 1 aliphatic heterocycles. The van der Waals surface area contributed by atoms with Crippen molar-refractivity contribution >= 4 is 17.4 Å². The molecule has 2 aromatic rings. The maximum atomic E-state index is 14.5. The SMILES string of the molecule is COc1ccccc1Nc1ccc(F)c([C@@]2(C)OC(N)=NC[C@H]2F)c1. The third-order valence-corrected chi connectivity index (χ3v) is 4.21. The maximum Gasteiger partial charge on any atom is 0.283 e. The summed E-state index contributed by atoms with van der Waals surface area (Å²) in [6, 6.07) is 11.5. The van der Waals surface area contributed by atoms with Gasteiger partial charge in [0, 0.05) is 11.3 Å². The Morgan fingerprint density at radius 2 is 2.08 bits per heavy atom. The minimum Gasteiger partial charge on any atom is -0.495 e. The second kappa shape index (κ2) is 6.58. The molecule has 0 fully saturated rings. The van der Waals surface area contributed by atoms with E-state index in [0.717, 1.165) is 0 Å². The number of nitrogens with zero attached hydrogens (tertiary/aromatic N) is 1. The van der Waals surface area contributed by atoms with E-state index in [4.69, 9.17) is 15.2 Å². The van der Waals surface area contributed by atoms with Gasteiger partial charge in [-0.3, -0.25) is 0 Å². The summed E-state index contributed by atoms with van der Waals surface area (Å²) in [4.78, 5) is 3.72. The average Bonchev–Trinajstić information content (AvgIpc) is 2.60. The summed E-state index contributed by atoms with van der Waals surface area (Å²) in [6.45, 7) is 1.29. The lowest BCUT2D eigenvalue weighted by Gasteiger charge is -2.36. The molecule has 25 heavy (non-hydrogen) atoms. The van der Waals surface area contributed by atoms with Crippen LogP contribution in [0, 0.1) is 5.82 Å². The molecule has 2 aromatic carbocycles. The van der Waals surface area contributed by atoms with E-state index in [1.54, 1.807) is 19.2 Å². The van der Waals surface area contributed by atoms with E-state index >= 15 is 0 Å². The number of aliphatic imine (C=N–C) groups is 1. The number of nitrogens with one attached hydrogen (secondary N) is 1. The number of para-hydroxylation sites is 2. The average molecular weight is 347 g/mol. The number of nitrogens with two attached hydrogens (primary N) is 1. The maximum absolute atomic E-state index is 14.5. The normalized spacial score (nSPS) is 22.7. The topological polar surface area (TPSA) is 68.9 Å². The Morgan fingerprint density at radius 1 is 1.32 bits per heavy atom. The highest BCUT2D eigenvalue weighted by Gasteiger charge is 2.44. The Balaban J connectivity index is 1.97. The summed E-state index contributed by atoms with van der Waals surface area (Å²) >= 11 is 0. The Kier molecular flexibility index (Phi) is 4.48. The van der Waals surface area contributed by atoms with E-state index in [1.807, 2.05) is 18.2 Å². The molecule has 0 unspecified atom stereocenters. The van der Waals surface area contributed by atoms with Crippen LogP contribution in [0.5, 0.6) is 5.75 Å². The molecule has 0 saturated carbocycles. The molecule has 7 heteroatoms. The monoisotopic (exact) mass is 347 g/mol. The third kappa shape index (κ3) is 3.22. The van der Waals surface area contributed by atoms with Crippen LogP contribution in [0.1, 0.15) is 12.5 Å². The molecule has 132 valence electrons. The fourth-order valence-corrected chi connectivity index (χ4v) is 2.77. The summed E-state index contributed by atoms with van der Waals surface area (Å²) in [5.74, 6) is 0.0543. The molecule has 3 rings (SSSR count). The zero-order valence-corrected chi connectivity index (χ0v) is 13.9. The minimum absolute atomic E-state index is 0.0674. The summed E-state index contributed by atoms with van der Waals surface area (Å²) < 4.78 is 39.5. The van der Waals surface area contributed by atoms with Crippen molar-refractivity contribution in [2.75, 3.05) is 19.0 Å². The molecule has 0 aromatic heterocycles. The predicted octanol–water partition coefficient (Wildman–Crippen LogP) is 3.48. The number of hydrogen-bond acceptors (Lipinski definition) is 5. The first-order chi connectivity index (χ1) is 11.9. The molecular formula is C18H19F2N3O2. The first kappa shape index (κ1) is 17.0. The first-order valence-electron chi connectivity index (χ1n) is 7.77. The standard InChI is InChI=1S/C18H19F2N3O2/c1-18(16(20)10-22-17(21)25-18)12-9-11(7-8-13(12)19)23-14-5-3-4-6-15(14)24-2/h3-9,16,23H,10H2,1-2H3,(H2,21,22)/t16-,18-/m1/s1. The largest absolute Gasteiger partial charge is 0.495 e. The molecule has 2 atom stereocenters. The highest BCUT2D eigenvalue weighted by Crippen LogP contribution is 2.37. The van der Waals surface area contributed by atoms with E-state index in [0.29, 0.717) is 17.1 Å². The summed E-state index contributed by atoms with van der Waals surface area (Å²) in [6.07, 6.45) is -1.52. The Labute approximate surface area is 144 Å². The summed E-state index contributed by atoms with van der Waals surface area (Å²) in [5.41, 5.74) is 5.36. The number of ether oxygens (including phenoxy) is 2. The molecular weight excluding hydrogens is 328 g/mol. The number of rotatable bonds is 4. The van der Waals surface area contributed by atoms with Crippen LogP contribution < -0.4 is 15.8 Å². The molecule has 3 N–H and O–H groups in total. The van der Waals surface area contributed by atoms with Gasteiger partial charge in [-0.1, -0.05) is 12.1 Å². The highest BCUT2D eigenvalue weighted by atomic mass is 19.1. The van der Waals surface area contributed by atoms with Gasteiger partial charge in [0.15, 0.2) is 11.8 Å². The fourth-order valence-electron chi connectivity index (χ4n) is 2.77. The number of halogens is 2. The number of methoxy groups -OCH3 is 1. The summed E-state index contributed by atoms with van der Waals surface area (Å²) in [7, 11) is 1.56. The number of benzene rings is 2. The van der Waals surface area contributed by atoms with Crippen molar-refractivity contribution in [3.8, 4) is 5.75 Å². The minimum atomic E-state index is -1.55. The number of alkyl halides is 1. The smallest absolute Gasteiger partial charge is 0.283 e. The van der Waals surface area contributed by atoms with Crippen molar-refractivity contribution in [1.82, 2.24) is 0 Å². The Hall–Kier alpha value is -2.83. The van der Waals surface area contributed by atoms with Gasteiger partial charge in [-0.2, -0.15) is 0 Å². The third-order valence-electron chi connectivity index (χ3n) is 4.21. The molecule has 0 spiro atoms. The van der Waals surface area contributed by atoms with Crippen molar-refractivity contribution in [3.05, 3.63) is 53.8 Å². The van der Waals surface area contributed by atoms with Crippen LogP contribution in [0.25, 0.3) is 0 Å². The lowest BCUT2D eigenvalue weighted by Crippen LogP contribution is -2.46. The molecule has 0 aliphatic carbocycles. The van der Waals surface area contributed by atoms with Gasteiger partial charge in [0.1, 0.15) is 11.6 Å². The van der Waals surface area contributed by atoms with Gasteiger partial charge < -0.3 is 20.5 Å². The molecule has 0 bridgehead atoms. The van der Waals surface area contributed by atoms with Crippen molar-refractivity contribution in [2.24, 2.45) is 10.7 Å². The van der Waals surface area contributed by atoms with Crippen LogP contribution in [0.4, 0.5) is 20.2 Å². The molecule has 1 heterocycles. The highest BCUT2D eigenvalue weighted by molar-refractivity contribution is 5.73. The van der Waals surface area contributed by atoms with Crippen molar-refractivity contribution in [1.29, 1.82) is 0 Å². The van der Waals surface area contributed by atoms with E-state index in [-0.39, 0.29) is 18.1 Å². The lowest BCUT2D eigenvalue weighted by atomic mass is 9.89. The van der Waals surface area contributed by atoms with E-state index < -0.39 is 17.6 Å². The lowest BCUT2D eigenvalue weighted by molar-refractivity contribution is -0.0231. The van der Waals surface area contributed by atoms with Gasteiger partial charge in [0.25, 0.3) is 6.02 Å². The van der Waals surface area contributed by atoms with Gasteiger partial charge in [-0.25, -0.2) is 13.8 Å². The van der Waals surface area contributed by atoms with Gasteiger partial charge in [-0.15, -0.1) is 0 Å². The zero-order valence-electron chi connectivity index (χ0n) is 13.9. The van der Waals surface area contributed by atoms with Crippen LogP contribution in [-0.4, -0.2) is 25.8 Å². The molecule has 1 aliphatic rings. The van der Waals surface area contributed by atoms with Crippen LogP contribution in [-0.2, 0) is 10.3 Å². The van der Waals surface area contributed by atoms with E-state index in [9.17, 15) is 8.78 Å². The second-order valence-corrected chi connectivity index (χ2v) is 5.88. The molecule has 5 nitrogen and oxygen atoms in total. The fraction of sp³-hybridized carbons (Fsp3) is 0.278. The van der Waals surface area contributed by atoms with Gasteiger partial charge in [0.2, 0.25) is 0 Å². The molecule has 0 amide bonds. The van der Waals surface area contributed by atoms with E-state index in [2.05, 4.69) is 10.3 Å². The number of hydrogen-bond donors (Lipinski definition) is 2. The van der Waals surface area contributed by atoms with E-state index in [1.165, 1.54) is 19.1 Å². The number of anilines is 2. The van der Waals surface area contributed by atoms with Crippen LogP contribution in [0.2, 0.25) is 0 Å². The van der Waals surface area contributed by atoms with Gasteiger partial charge in [0.05, 0.1) is 19.3 Å². The molecule has 0 saturated heterocycles. The van der Waals surface area contributed by atoms with Crippen LogP contribution in [0.15, 0.2) is 47.5 Å². The van der Waals surface area contributed by atoms with Crippen molar-refractivity contribution in [3.63, 3.8) is 0 Å². The van der Waals surface area contributed by atoms with Crippen molar-refractivity contribution < 1.29 is 18.3 Å². The van der Waals surface area contributed by atoms with Crippen LogP contribution >= 0.6 is 0 Å². The van der Waals surface area contributed by atoms with Crippen molar-refractivity contribution in [2.45, 2.75) is 18.7 Å². The second-order valence-electron chi connectivity index (χ2n) is 5.88. The Bertz CT molecular complexity index is 813.